The highest BCUT2D eigenvalue weighted by molar-refractivity contribution is 6.31. The molecular weight excluding hydrogens is 494 g/mol. The molecule has 8 nitrogen and oxygen atoms in total. The van der Waals surface area contributed by atoms with E-state index in [1.54, 1.807) is 32.2 Å². The van der Waals surface area contributed by atoms with Gasteiger partial charge in [-0.25, -0.2) is 4.79 Å². The molecule has 0 spiro atoms. The molecule has 2 aromatic heterocycles. The minimum absolute atomic E-state index is 0.0478. The Kier molecular flexibility index (Phi) is 6.50. The number of aliphatic carboxylic acids is 1. The summed E-state index contributed by atoms with van der Waals surface area (Å²) in [6.45, 7) is 3.44. The Labute approximate surface area is 216 Å². The van der Waals surface area contributed by atoms with Gasteiger partial charge in [0.05, 0.1) is 11.9 Å². The molecule has 0 bridgehead atoms. The van der Waals surface area contributed by atoms with Gasteiger partial charge in [0.2, 0.25) is 0 Å². The molecule has 0 aliphatic heterocycles. The first-order valence-electron chi connectivity index (χ1n) is 11.5. The molecular formula is C28H22ClN3O5. The molecule has 0 aliphatic rings. The molecule has 3 aromatic carbocycles. The Morgan fingerprint density at radius 2 is 1.89 bits per heavy atom. The van der Waals surface area contributed by atoms with Crippen molar-refractivity contribution in [3.63, 3.8) is 0 Å². The maximum Gasteiger partial charge on any atom is 0.412 e. The van der Waals surface area contributed by atoms with Crippen LogP contribution in [-0.4, -0.2) is 27.3 Å². The Morgan fingerprint density at radius 1 is 1.11 bits per heavy atom. The standard InChI is InChI=1S/C28H22ClN3O5/c1-15(20-5-3-4-6-23(20)29)36-28(35)31-26-16(2)37-32-27(26)18-8-10-22-21-9-7-17(12-25(33)34)11-19(21)14-30-24(22)13-18/h3-11,13-15H,12H2,1-2H3,(H,31,35)(H,33,34). The number of nitrogens with one attached hydrogen (secondary N) is 1. The number of nitrogens with zero attached hydrogens (tertiary/aromatic N) is 2. The Hall–Kier alpha value is -4.43. The third-order valence-corrected chi connectivity index (χ3v) is 6.44. The molecule has 2 N–H and O–H groups in total. The molecule has 186 valence electrons. The first-order valence-corrected chi connectivity index (χ1v) is 11.9. The van der Waals surface area contributed by atoms with Crippen molar-refractivity contribution < 1.29 is 24.0 Å². The predicted octanol–water partition coefficient (Wildman–Crippen LogP) is 6.94. The van der Waals surface area contributed by atoms with Crippen LogP contribution >= 0.6 is 11.6 Å². The predicted molar refractivity (Wildman–Crippen MR) is 141 cm³/mol. The summed E-state index contributed by atoms with van der Waals surface area (Å²) in [5.74, 6) is -0.456. The number of carbonyl (C=O) groups excluding carboxylic acids is 1. The number of pyridine rings is 1. The first-order chi connectivity index (χ1) is 17.8. The highest BCUT2D eigenvalue weighted by Crippen LogP contribution is 2.34. The summed E-state index contributed by atoms with van der Waals surface area (Å²) in [7, 11) is 0. The molecule has 2 heterocycles. The van der Waals surface area contributed by atoms with E-state index in [0.29, 0.717) is 38.9 Å². The fraction of sp³-hybridized carbons (Fsp3) is 0.143. The summed E-state index contributed by atoms with van der Waals surface area (Å²) in [6, 6.07) is 18.4. The molecule has 9 heteroatoms. The third-order valence-electron chi connectivity index (χ3n) is 6.09. The van der Waals surface area contributed by atoms with Crippen LogP contribution in [-0.2, 0) is 16.0 Å². The van der Waals surface area contributed by atoms with Gasteiger partial charge in [-0.1, -0.05) is 59.2 Å². The zero-order valence-corrected chi connectivity index (χ0v) is 20.7. The number of carboxylic acid groups (broad SMARTS) is 1. The van der Waals surface area contributed by atoms with Gasteiger partial charge < -0.3 is 14.4 Å². The van der Waals surface area contributed by atoms with Gasteiger partial charge in [0.1, 0.15) is 17.5 Å². The van der Waals surface area contributed by atoms with Gasteiger partial charge in [-0.05, 0) is 43.0 Å². The van der Waals surface area contributed by atoms with Gasteiger partial charge in [-0.2, -0.15) is 0 Å². The van der Waals surface area contributed by atoms with Crippen LogP contribution < -0.4 is 5.32 Å². The zero-order valence-electron chi connectivity index (χ0n) is 20.0. The number of hydrogen-bond donors (Lipinski definition) is 2. The van der Waals surface area contributed by atoms with Crippen molar-refractivity contribution in [2.75, 3.05) is 5.32 Å². The molecule has 0 saturated carbocycles. The molecule has 1 amide bonds. The molecule has 0 radical (unpaired) electrons. The lowest BCUT2D eigenvalue weighted by Gasteiger charge is -2.15. The molecule has 0 aliphatic carbocycles. The number of aryl methyl sites for hydroxylation is 1. The third kappa shape index (κ3) is 4.96. The van der Waals surface area contributed by atoms with Gasteiger partial charge in [0.25, 0.3) is 0 Å². The van der Waals surface area contributed by atoms with Crippen molar-refractivity contribution >= 4 is 51.0 Å². The number of halogens is 1. The summed E-state index contributed by atoms with van der Waals surface area (Å²) < 4.78 is 10.9. The highest BCUT2D eigenvalue weighted by atomic mass is 35.5. The number of ether oxygens (including phenoxy) is 1. The molecule has 5 rings (SSSR count). The van der Waals surface area contributed by atoms with Crippen molar-refractivity contribution in [3.05, 3.63) is 88.8 Å². The summed E-state index contributed by atoms with van der Waals surface area (Å²) in [6.07, 6.45) is 0.440. The van der Waals surface area contributed by atoms with Gasteiger partial charge in [-0.3, -0.25) is 15.1 Å². The van der Waals surface area contributed by atoms with Crippen molar-refractivity contribution in [2.24, 2.45) is 0 Å². The molecule has 5 aromatic rings. The smallest absolute Gasteiger partial charge is 0.412 e. The highest BCUT2D eigenvalue weighted by Gasteiger charge is 2.21. The quantitative estimate of drug-likeness (QED) is 0.235. The van der Waals surface area contributed by atoms with Crippen LogP contribution in [0.5, 0.6) is 0 Å². The fourth-order valence-corrected chi connectivity index (χ4v) is 4.57. The average Bonchev–Trinajstić information content (AvgIpc) is 3.22. The van der Waals surface area contributed by atoms with Gasteiger partial charge >= 0.3 is 12.1 Å². The van der Waals surface area contributed by atoms with E-state index in [1.165, 1.54) is 0 Å². The lowest BCUT2D eigenvalue weighted by Crippen LogP contribution is -2.17. The monoisotopic (exact) mass is 515 g/mol. The molecule has 0 saturated heterocycles. The van der Waals surface area contributed by atoms with Crippen LogP contribution in [0, 0.1) is 6.92 Å². The van der Waals surface area contributed by atoms with Crippen LogP contribution in [0.25, 0.3) is 32.9 Å². The number of benzene rings is 3. The minimum atomic E-state index is -0.882. The van der Waals surface area contributed by atoms with E-state index in [2.05, 4.69) is 15.5 Å². The Balaban J connectivity index is 1.42. The van der Waals surface area contributed by atoms with E-state index in [1.807, 2.05) is 48.5 Å². The number of amides is 1. The van der Waals surface area contributed by atoms with Gasteiger partial charge in [0.15, 0.2) is 5.76 Å². The summed E-state index contributed by atoms with van der Waals surface area (Å²) in [5, 5.41) is 19.2. The number of carbonyl (C=O) groups is 2. The largest absolute Gasteiger partial charge is 0.481 e. The molecule has 1 unspecified atom stereocenters. The molecule has 37 heavy (non-hydrogen) atoms. The maximum atomic E-state index is 12.7. The van der Waals surface area contributed by atoms with Gasteiger partial charge in [0, 0.05) is 33.1 Å². The fourth-order valence-electron chi connectivity index (χ4n) is 4.28. The van der Waals surface area contributed by atoms with Crippen molar-refractivity contribution in [1.29, 1.82) is 0 Å². The Morgan fingerprint density at radius 3 is 2.68 bits per heavy atom. The number of anilines is 1. The van der Waals surface area contributed by atoms with E-state index >= 15 is 0 Å². The zero-order chi connectivity index (χ0) is 26.1. The number of carboxylic acids is 1. The van der Waals surface area contributed by atoms with Gasteiger partial charge in [-0.15, -0.1) is 0 Å². The van der Waals surface area contributed by atoms with E-state index < -0.39 is 18.2 Å². The Bertz CT molecular complexity index is 1660. The normalized spacial score (nSPS) is 12.0. The second-order valence-electron chi connectivity index (χ2n) is 8.64. The first kappa shape index (κ1) is 24.3. The lowest BCUT2D eigenvalue weighted by atomic mass is 10.0. The topological polar surface area (TPSA) is 115 Å². The minimum Gasteiger partial charge on any atom is -0.481 e. The summed E-state index contributed by atoms with van der Waals surface area (Å²) in [4.78, 5) is 28.3. The van der Waals surface area contributed by atoms with E-state index in [0.717, 1.165) is 21.7 Å². The number of fused-ring (bicyclic) bond motifs is 3. The van der Waals surface area contributed by atoms with E-state index in [9.17, 15) is 9.59 Å². The SMILES string of the molecule is Cc1onc(-c2ccc3c(c2)ncc2cc(CC(=O)O)ccc23)c1NC(=O)OC(C)c1ccccc1Cl. The maximum absolute atomic E-state index is 12.7. The van der Waals surface area contributed by atoms with Crippen molar-refractivity contribution in [1.82, 2.24) is 10.1 Å². The molecule has 0 fully saturated rings. The van der Waals surface area contributed by atoms with Crippen LogP contribution in [0.15, 0.2) is 71.4 Å². The van der Waals surface area contributed by atoms with Crippen LogP contribution in [0.4, 0.5) is 10.5 Å². The van der Waals surface area contributed by atoms with Crippen LogP contribution in [0.1, 0.15) is 29.9 Å². The summed E-state index contributed by atoms with van der Waals surface area (Å²) >= 11 is 6.22. The number of rotatable bonds is 6. The van der Waals surface area contributed by atoms with Crippen molar-refractivity contribution in [3.8, 4) is 11.3 Å². The summed E-state index contributed by atoms with van der Waals surface area (Å²) in [5.41, 5.74) is 3.67. The van der Waals surface area contributed by atoms with Crippen LogP contribution in [0.2, 0.25) is 5.02 Å². The second kappa shape index (κ2) is 9.91. The lowest BCUT2D eigenvalue weighted by molar-refractivity contribution is -0.136. The van der Waals surface area contributed by atoms with Crippen LogP contribution in [0.3, 0.4) is 0 Å². The molecule has 1 atom stereocenters. The number of hydrogen-bond acceptors (Lipinski definition) is 6. The number of aromatic nitrogens is 2. The van der Waals surface area contributed by atoms with E-state index in [4.69, 9.17) is 26.0 Å². The average molecular weight is 516 g/mol. The second-order valence-corrected chi connectivity index (χ2v) is 9.05. The van der Waals surface area contributed by atoms with E-state index in [-0.39, 0.29) is 6.42 Å². The van der Waals surface area contributed by atoms with Crippen molar-refractivity contribution in [2.45, 2.75) is 26.4 Å².